The SMILES string of the molecule is NC(=O)CCN1CCN(c2ncc(C(F)(F)F)cc2Cl)CC1. The first-order chi connectivity index (χ1) is 10.3. The first-order valence-electron chi connectivity index (χ1n) is 6.75. The van der Waals surface area contributed by atoms with Crippen molar-refractivity contribution in [1.29, 1.82) is 0 Å². The van der Waals surface area contributed by atoms with Gasteiger partial charge in [0, 0.05) is 45.3 Å². The second-order valence-electron chi connectivity index (χ2n) is 5.07. The highest BCUT2D eigenvalue weighted by atomic mass is 35.5. The monoisotopic (exact) mass is 336 g/mol. The number of hydrogen-bond acceptors (Lipinski definition) is 4. The first kappa shape index (κ1) is 16.8. The number of alkyl halides is 3. The third-order valence-electron chi connectivity index (χ3n) is 3.50. The second kappa shape index (κ2) is 6.70. The molecule has 2 rings (SSSR count). The van der Waals surface area contributed by atoms with Crippen LogP contribution < -0.4 is 10.6 Å². The van der Waals surface area contributed by atoms with Crippen LogP contribution in [0.3, 0.4) is 0 Å². The van der Waals surface area contributed by atoms with E-state index in [0.29, 0.717) is 45.0 Å². The number of primary amides is 1. The Bertz CT molecular complexity index is 545. The van der Waals surface area contributed by atoms with Crippen molar-refractivity contribution in [2.75, 3.05) is 37.6 Å². The third kappa shape index (κ3) is 4.23. The fourth-order valence-electron chi connectivity index (χ4n) is 2.27. The minimum atomic E-state index is -4.46. The van der Waals surface area contributed by atoms with E-state index < -0.39 is 11.7 Å². The average Bonchev–Trinajstić information content (AvgIpc) is 2.44. The molecule has 1 fully saturated rings. The van der Waals surface area contributed by atoms with Crippen molar-refractivity contribution < 1.29 is 18.0 Å². The summed E-state index contributed by atoms with van der Waals surface area (Å²) in [5, 5.41) is -0.0135. The Labute approximate surface area is 130 Å². The van der Waals surface area contributed by atoms with Crippen LogP contribution in [-0.2, 0) is 11.0 Å². The second-order valence-corrected chi connectivity index (χ2v) is 5.48. The fourth-order valence-corrected chi connectivity index (χ4v) is 2.56. The largest absolute Gasteiger partial charge is 0.417 e. The molecule has 1 aliphatic heterocycles. The molecule has 0 unspecified atom stereocenters. The summed E-state index contributed by atoms with van der Waals surface area (Å²) in [4.78, 5) is 18.5. The van der Waals surface area contributed by atoms with Gasteiger partial charge in [0.15, 0.2) is 0 Å². The number of pyridine rings is 1. The van der Waals surface area contributed by atoms with Gasteiger partial charge in [-0.15, -0.1) is 0 Å². The minimum Gasteiger partial charge on any atom is -0.370 e. The number of nitrogens with two attached hydrogens (primary N) is 1. The van der Waals surface area contributed by atoms with Gasteiger partial charge in [-0.1, -0.05) is 11.6 Å². The summed E-state index contributed by atoms with van der Waals surface area (Å²) in [6.07, 6.45) is -3.37. The van der Waals surface area contributed by atoms with Crippen LogP contribution in [0, 0.1) is 0 Å². The van der Waals surface area contributed by atoms with Crippen LogP contribution in [0.2, 0.25) is 5.02 Å². The lowest BCUT2D eigenvalue weighted by molar-refractivity contribution is -0.137. The zero-order chi connectivity index (χ0) is 16.3. The standard InChI is InChI=1S/C13H16ClF3N4O/c14-10-7-9(13(15,16)17)8-19-12(10)21-5-3-20(4-6-21)2-1-11(18)22/h7-8H,1-6H2,(H2,18,22). The smallest absolute Gasteiger partial charge is 0.370 e. The molecule has 1 aliphatic rings. The van der Waals surface area contributed by atoms with Crippen LogP contribution in [0.15, 0.2) is 12.3 Å². The van der Waals surface area contributed by atoms with E-state index in [9.17, 15) is 18.0 Å². The van der Waals surface area contributed by atoms with Crippen LogP contribution >= 0.6 is 11.6 Å². The van der Waals surface area contributed by atoms with Gasteiger partial charge < -0.3 is 10.6 Å². The van der Waals surface area contributed by atoms with Gasteiger partial charge in [0.25, 0.3) is 0 Å². The molecule has 2 N–H and O–H groups in total. The van der Waals surface area contributed by atoms with Crippen molar-refractivity contribution in [2.24, 2.45) is 5.73 Å². The Morgan fingerprint density at radius 2 is 1.95 bits per heavy atom. The van der Waals surface area contributed by atoms with Gasteiger partial charge in [0.2, 0.25) is 5.91 Å². The summed E-state index contributed by atoms with van der Waals surface area (Å²) < 4.78 is 37.8. The number of hydrogen-bond donors (Lipinski definition) is 1. The molecule has 5 nitrogen and oxygen atoms in total. The first-order valence-corrected chi connectivity index (χ1v) is 7.13. The number of anilines is 1. The Hall–Kier alpha value is -1.54. The molecule has 1 aromatic heterocycles. The van der Waals surface area contributed by atoms with E-state index in [4.69, 9.17) is 17.3 Å². The lowest BCUT2D eigenvalue weighted by atomic mass is 10.2. The minimum absolute atomic E-state index is 0.0135. The molecule has 0 saturated carbocycles. The summed E-state index contributed by atoms with van der Waals surface area (Å²) in [5.74, 6) is -0.000835. The maximum absolute atomic E-state index is 12.6. The normalized spacial score (nSPS) is 16.8. The van der Waals surface area contributed by atoms with Crippen molar-refractivity contribution in [2.45, 2.75) is 12.6 Å². The van der Waals surface area contributed by atoms with Crippen molar-refractivity contribution >= 4 is 23.3 Å². The topological polar surface area (TPSA) is 62.5 Å². The van der Waals surface area contributed by atoms with E-state index in [1.54, 1.807) is 0 Å². The zero-order valence-electron chi connectivity index (χ0n) is 11.7. The molecule has 1 aromatic rings. The van der Waals surface area contributed by atoms with E-state index in [-0.39, 0.29) is 10.9 Å². The van der Waals surface area contributed by atoms with E-state index in [1.165, 1.54) is 0 Å². The molecule has 0 aromatic carbocycles. The van der Waals surface area contributed by atoms with Gasteiger partial charge >= 0.3 is 6.18 Å². The maximum Gasteiger partial charge on any atom is 0.417 e. The molecule has 1 saturated heterocycles. The van der Waals surface area contributed by atoms with Crippen LogP contribution in [0.25, 0.3) is 0 Å². The molecule has 122 valence electrons. The van der Waals surface area contributed by atoms with Crippen molar-refractivity contribution in [3.63, 3.8) is 0 Å². The summed E-state index contributed by atoms with van der Waals surface area (Å²) in [6, 6.07) is 0.892. The van der Waals surface area contributed by atoms with Gasteiger partial charge in [-0.3, -0.25) is 9.69 Å². The number of nitrogens with zero attached hydrogens (tertiary/aromatic N) is 3. The number of halogens is 4. The lowest BCUT2D eigenvalue weighted by Crippen LogP contribution is -2.47. The number of carbonyl (C=O) groups excluding carboxylic acids is 1. The molecule has 0 radical (unpaired) electrons. The quantitative estimate of drug-likeness (QED) is 0.910. The summed E-state index contributed by atoms with van der Waals surface area (Å²) in [6.45, 7) is 3.09. The van der Waals surface area contributed by atoms with Crippen LogP contribution in [0.5, 0.6) is 0 Å². The number of rotatable bonds is 4. The van der Waals surface area contributed by atoms with Crippen LogP contribution in [-0.4, -0.2) is 48.5 Å². The molecule has 2 heterocycles. The van der Waals surface area contributed by atoms with E-state index in [0.717, 1.165) is 12.3 Å². The summed E-state index contributed by atoms with van der Waals surface area (Å²) in [7, 11) is 0. The van der Waals surface area contributed by atoms with Crippen LogP contribution in [0.1, 0.15) is 12.0 Å². The molecule has 0 aliphatic carbocycles. The average molecular weight is 337 g/mol. The highest BCUT2D eigenvalue weighted by Crippen LogP contribution is 2.33. The Kier molecular flexibility index (Phi) is 5.12. The van der Waals surface area contributed by atoms with Gasteiger partial charge in [-0.25, -0.2) is 4.98 Å². The number of aromatic nitrogens is 1. The molecule has 9 heteroatoms. The van der Waals surface area contributed by atoms with Crippen molar-refractivity contribution in [3.05, 3.63) is 22.8 Å². The molecular weight excluding hydrogens is 321 g/mol. The highest BCUT2D eigenvalue weighted by molar-refractivity contribution is 6.33. The molecule has 22 heavy (non-hydrogen) atoms. The van der Waals surface area contributed by atoms with E-state index >= 15 is 0 Å². The predicted octanol–water partition coefficient (Wildman–Crippen LogP) is 1.75. The van der Waals surface area contributed by atoms with Crippen molar-refractivity contribution in [1.82, 2.24) is 9.88 Å². The zero-order valence-corrected chi connectivity index (χ0v) is 12.5. The van der Waals surface area contributed by atoms with E-state index in [1.807, 2.05) is 4.90 Å². The molecule has 0 atom stereocenters. The van der Waals surface area contributed by atoms with Gasteiger partial charge in [-0.2, -0.15) is 13.2 Å². The molecule has 1 amide bonds. The van der Waals surface area contributed by atoms with Gasteiger partial charge in [-0.05, 0) is 6.07 Å². The predicted molar refractivity (Wildman–Crippen MR) is 76.7 cm³/mol. The van der Waals surface area contributed by atoms with Crippen molar-refractivity contribution in [3.8, 4) is 0 Å². The highest BCUT2D eigenvalue weighted by Gasteiger charge is 2.32. The Balaban J connectivity index is 1.98. The lowest BCUT2D eigenvalue weighted by Gasteiger charge is -2.35. The Morgan fingerprint density at radius 1 is 1.32 bits per heavy atom. The summed E-state index contributed by atoms with van der Waals surface area (Å²) >= 11 is 5.93. The van der Waals surface area contributed by atoms with E-state index in [2.05, 4.69) is 9.88 Å². The maximum atomic E-state index is 12.6. The molecule has 0 spiro atoms. The molecule has 0 bridgehead atoms. The third-order valence-corrected chi connectivity index (χ3v) is 3.77. The Morgan fingerprint density at radius 3 is 2.45 bits per heavy atom. The fraction of sp³-hybridized carbons (Fsp3) is 0.538. The number of piperazine rings is 1. The molecular formula is C13H16ClF3N4O. The van der Waals surface area contributed by atoms with Gasteiger partial charge in [0.05, 0.1) is 10.6 Å². The summed E-state index contributed by atoms with van der Waals surface area (Å²) in [5.41, 5.74) is 4.24. The number of amides is 1. The van der Waals surface area contributed by atoms with Gasteiger partial charge in [0.1, 0.15) is 5.82 Å². The number of carbonyl (C=O) groups is 1. The van der Waals surface area contributed by atoms with Crippen LogP contribution in [0.4, 0.5) is 19.0 Å².